The number of halogens is 1. The lowest BCUT2D eigenvalue weighted by atomic mass is 9.95. The van der Waals surface area contributed by atoms with Gasteiger partial charge >= 0.3 is 0 Å². The van der Waals surface area contributed by atoms with Crippen LogP contribution in [0.15, 0.2) is 29.2 Å². The molecule has 0 aliphatic heterocycles. The summed E-state index contributed by atoms with van der Waals surface area (Å²) < 4.78 is 15.0. The first-order chi connectivity index (χ1) is 10.2. The van der Waals surface area contributed by atoms with Crippen LogP contribution in [0.5, 0.6) is 0 Å². The summed E-state index contributed by atoms with van der Waals surface area (Å²) >= 11 is 0. The molecule has 1 saturated carbocycles. The summed E-state index contributed by atoms with van der Waals surface area (Å²) in [7, 11) is 0. The minimum atomic E-state index is -0.344. The van der Waals surface area contributed by atoms with Gasteiger partial charge in [-0.2, -0.15) is 0 Å². The second-order valence-corrected chi connectivity index (χ2v) is 5.67. The summed E-state index contributed by atoms with van der Waals surface area (Å²) in [5.74, 6) is -0.344. The van der Waals surface area contributed by atoms with Gasteiger partial charge in [0.15, 0.2) is 0 Å². The third-order valence-electron chi connectivity index (χ3n) is 4.18. The molecule has 0 spiro atoms. The summed E-state index contributed by atoms with van der Waals surface area (Å²) in [6.45, 7) is 1.26. The largest absolute Gasteiger partial charge is 0.312 e. The maximum atomic E-state index is 13.4. The summed E-state index contributed by atoms with van der Waals surface area (Å²) in [5, 5.41) is 3.50. The highest BCUT2D eigenvalue weighted by molar-refractivity contribution is 5.74. The summed E-state index contributed by atoms with van der Waals surface area (Å²) in [6.07, 6.45) is 7.61. The number of nitrogens with zero attached hydrogens (tertiary/aromatic N) is 2. The third kappa shape index (κ3) is 3.29. The van der Waals surface area contributed by atoms with Gasteiger partial charge in [0.1, 0.15) is 5.82 Å². The Hall–Kier alpha value is -1.75. The van der Waals surface area contributed by atoms with Crippen molar-refractivity contribution in [3.8, 4) is 0 Å². The molecule has 0 amide bonds. The lowest BCUT2D eigenvalue weighted by Crippen LogP contribution is -2.35. The molecule has 3 rings (SSSR count). The quantitative estimate of drug-likeness (QED) is 0.940. The van der Waals surface area contributed by atoms with Crippen LogP contribution in [0.1, 0.15) is 32.1 Å². The van der Waals surface area contributed by atoms with Gasteiger partial charge in [-0.3, -0.25) is 4.79 Å². The molecule has 0 atom stereocenters. The van der Waals surface area contributed by atoms with Gasteiger partial charge in [-0.05, 0) is 31.0 Å². The number of rotatable bonds is 4. The van der Waals surface area contributed by atoms with E-state index in [0.29, 0.717) is 23.6 Å². The van der Waals surface area contributed by atoms with Gasteiger partial charge in [-0.25, -0.2) is 9.37 Å². The molecule has 1 N–H and O–H groups in total. The summed E-state index contributed by atoms with van der Waals surface area (Å²) in [6, 6.07) is 4.91. The van der Waals surface area contributed by atoms with Gasteiger partial charge in [0.05, 0.1) is 17.2 Å². The number of benzene rings is 1. The predicted octanol–water partition coefficient (Wildman–Crippen LogP) is 2.46. The average molecular weight is 289 g/mol. The zero-order chi connectivity index (χ0) is 14.7. The number of hydrogen-bond donors (Lipinski definition) is 1. The number of fused-ring (bicyclic) bond motifs is 1. The second-order valence-electron chi connectivity index (χ2n) is 5.67. The molecule has 0 bridgehead atoms. The van der Waals surface area contributed by atoms with Crippen molar-refractivity contribution in [1.82, 2.24) is 14.9 Å². The smallest absolute Gasteiger partial charge is 0.269 e. The molecule has 1 aliphatic rings. The van der Waals surface area contributed by atoms with Crippen LogP contribution in [0, 0.1) is 5.82 Å². The molecule has 1 heterocycles. The molecule has 1 aromatic carbocycles. The molecule has 0 radical (unpaired) electrons. The topological polar surface area (TPSA) is 46.9 Å². The molecule has 112 valence electrons. The van der Waals surface area contributed by atoms with Crippen LogP contribution in [-0.2, 0) is 6.54 Å². The maximum Gasteiger partial charge on any atom is 0.269 e. The van der Waals surface area contributed by atoms with Crippen molar-refractivity contribution < 1.29 is 4.39 Å². The van der Waals surface area contributed by atoms with Crippen LogP contribution < -0.4 is 10.9 Å². The van der Waals surface area contributed by atoms with Crippen LogP contribution in [0.25, 0.3) is 11.0 Å². The number of nitrogens with one attached hydrogen (secondary N) is 1. The van der Waals surface area contributed by atoms with E-state index in [-0.39, 0.29) is 11.4 Å². The highest BCUT2D eigenvalue weighted by Gasteiger charge is 2.12. The van der Waals surface area contributed by atoms with E-state index in [4.69, 9.17) is 0 Å². The van der Waals surface area contributed by atoms with Crippen molar-refractivity contribution in [3.63, 3.8) is 0 Å². The normalized spacial score (nSPS) is 16.4. The average Bonchev–Trinajstić information content (AvgIpc) is 2.50. The Labute approximate surface area is 123 Å². The van der Waals surface area contributed by atoms with Crippen molar-refractivity contribution in [3.05, 3.63) is 40.6 Å². The van der Waals surface area contributed by atoms with E-state index >= 15 is 0 Å². The van der Waals surface area contributed by atoms with E-state index in [2.05, 4.69) is 10.3 Å². The fourth-order valence-electron chi connectivity index (χ4n) is 3.05. The SMILES string of the molecule is O=c1cnc2ccc(F)cc2n1CCNC1CCCCC1. The summed E-state index contributed by atoms with van der Waals surface area (Å²) in [4.78, 5) is 16.0. The van der Waals surface area contributed by atoms with Gasteiger partial charge in [-0.1, -0.05) is 19.3 Å². The molecule has 2 aromatic rings. The first-order valence-corrected chi connectivity index (χ1v) is 7.62. The lowest BCUT2D eigenvalue weighted by molar-refractivity contribution is 0.368. The van der Waals surface area contributed by atoms with E-state index in [1.807, 2.05) is 0 Å². The van der Waals surface area contributed by atoms with Gasteiger partial charge in [0.2, 0.25) is 0 Å². The van der Waals surface area contributed by atoms with Crippen LogP contribution in [-0.4, -0.2) is 22.1 Å². The van der Waals surface area contributed by atoms with Crippen molar-refractivity contribution in [2.75, 3.05) is 6.54 Å². The van der Waals surface area contributed by atoms with E-state index in [1.54, 1.807) is 10.6 Å². The van der Waals surface area contributed by atoms with E-state index in [1.165, 1.54) is 50.4 Å². The number of aromatic nitrogens is 2. The van der Waals surface area contributed by atoms with Gasteiger partial charge in [0.25, 0.3) is 5.56 Å². The maximum absolute atomic E-state index is 13.4. The highest BCUT2D eigenvalue weighted by Crippen LogP contribution is 2.17. The fourth-order valence-corrected chi connectivity index (χ4v) is 3.05. The van der Waals surface area contributed by atoms with Crippen molar-refractivity contribution in [1.29, 1.82) is 0 Å². The monoisotopic (exact) mass is 289 g/mol. The summed E-state index contributed by atoms with van der Waals surface area (Å²) in [5.41, 5.74) is 1.03. The van der Waals surface area contributed by atoms with Crippen molar-refractivity contribution >= 4 is 11.0 Å². The molecular formula is C16H20FN3O. The van der Waals surface area contributed by atoms with E-state index in [0.717, 1.165) is 6.54 Å². The standard InChI is InChI=1S/C16H20FN3O/c17-12-6-7-14-15(10-12)20(16(21)11-19-14)9-8-18-13-4-2-1-3-5-13/h6-7,10-11,13,18H,1-5,8-9H2. The third-order valence-corrected chi connectivity index (χ3v) is 4.18. The van der Waals surface area contributed by atoms with Gasteiger partial charge in [-0.15, -0.1) is 0 Å². The molecule has 5 heteroatoms. The number of hydrogen-bond acceptors (Lipinski definition) is 3. The Bertz CT molecular complexity index is 677. The molecule has 1 fully saturated rings. The molecule has 1 aromatic heterocycles. The van der Waals surface area contributed by atoms with Gasteiger partial charge < -0.3 is 9.88 Å². The van der Waals surface area contributed by atoms with Crippen molar-refractivity contribution in [2.45, 2.75) is 44.7 Å². The minimum absolute atomic E-state index is 0.182. The minimum Gasteiger partial charge on any atom is -0.312 e. The Balaban J connectivity index is 1.74. The fraction of sp³-hybridized carbons (Fsp3) is 0.500. The zero-order valence-electron chi connectivity index (χ0n) is 12.0. The lowest BCUT2D eigenvalue weighted by Gasteiger charge is -2.23. The van der Waals surface area contributed by atoms with Crippen molar-refractivity contribution in [2.24, 2.45) is 0 Å². The highest BCUT2D eigenvalue weighted by atomic mass is 19.1. The molecule has 0 unspecified atom stereocenters. The molecular weight excluding hydrogens is 269 g/mol. The van der Waals surface area contributed by atoms with Crippen LogP contribution in [0.3, 0.4) is 0 Å². The Morgan fingerprint density at radius 3 is 2.90 bits per heavy atom. The van der Waals surface area contributed by atoms with Gasteiger partial charge in [0, 0.05) is 19.1 Å². The van der Waals surface area contributed by atoms with Crippen LogP contribution in [0.2, 0.25) is 0 Å². The van der Waals surface area contributed by atoms with Crippen LogP contribution in [0.4, 0.5) is 4.39 Å². The Morgan fingerprint density at radius 2 is 2.10 bits per heavy atom. The zero-order valence-corrected chi connectivity index (χ0v) is 12.0. The second kappa shape index (κ2) is 6.35. The Morgan fingerprint density at radius 1 is 1.29 bits per heavy atom. The molecule has 0 saturated heterocycles. The van der Waals surface area contributed by atoms with E-state index in [9.17, 15) is 9.18 Å². The van der Waals surface area contributed by atoms with E-state index < -0.39 is 0 Å². The molecule has 1 aliphatic carbocycles. The Kier molecular flexibility index (Phi) is 4.29. The molecule has 21 heavy (non-hydrogen) atoms. The predicted molar refractivity (Wildman–Crippen MR) is 80.8 cm³/mol. The first-order valence-electron chi connectivity index (χ1n) is 7.62. The van der Waals surface area contributed by atoms with Crippen LogP contribution >= 0.6 is 0 Å². The molecule has 4 nitrogen and oxygen atoms in total. The first kappa shape index (κ1) is 14.2.